The van der Waals surface area contributed by atoms with E-state index in [9.17, 15) is 0 Å². The molecule has 1 atom stereocenters. The maximum absolute atomic E-state index is 6.38. The maximum Gasteiger partial charge on any atom is 0.168 e. The Morgan fingerprint density at radius 2 is 1.82 bits per heavy atom. The number of ether oxygens (including phenoxy) is 1. The van der Waals surface area contributed by atoms with Crippen LogP contribution in [0.2, 0.25) is 5.02 Å². The Hall–Kier alpha value is -2.96. The average molecular weight is 392 g/mol. The first-order chi connectivity index (χ1) is 13.8. The van der Waals surface area contributed by atoms with Crippen LogP contribution >= 0.6 is 11.6 Å². The van der Waals surface area contributed by atoms with Crippen LogP contribution in [0.1, 0.15) is 11.7 Å². The molecule has 0 saturated carbocycles. The summed E-state index contributed by atoms with van der Waals surface area (Å²) in [5.41, 5.74) is 2.76. The number of fused-ring (bicyclic) bond motifs is 1. The van der Waals surface area contributed by atoms with E-state index >= 15 is 0 Å². The Morgan fingerprint density at radius 1 is 1.00 bits per heavy atom. The maximum atomic E-state index is 6.38. The number of hydrogen-bond acceptors (Lipinski definition) is 5. The van der Waals surface area contributed by atoms with E-state index in [-0.39, 0.29) is 6.10 Å². The minimum atomic E-state index is -0.100. The second-order valence-electron chi connectivity index (χ2n) is 6.65. The number of nitrogens with zero attached hydrogens (tertiary/aromatic N) is 5. The second kappa shape index (κ2) is 7.22. The topological polar surface area (TPSA) is 56.1 Å². The van der Waals surface area contributed by atoms with Gasteiger partial charge in [0.05, 0.1) is 23.9 Å². The molecule has 1 aliphatic rings. The molecule has 0 spiro atoms. The number of para-hydroxylation sites is 1. The molecule has 1 unspecified atom stereocenters. The van der Waals surface area contributed by atoms with Gasteiger partial charge in [0.2, 0.25) is 0 Å². The van der Waals surface area contributed by atoms with E-state index < -0.39 is 0 Å². The molecule has 0 amide bonds. The molecule has 1 saturated heterocycles. The minimum absolute atomic E-state index is 0.100. The molecular weight excluding hydrogens is 374 g/mol. The zero-order valence-electron chi connectivity index (χ0n) is 15.1. The SMILES string of the molecule is Clc1ccccc1C1CN(c2ncnc3c2cnn3-c2ccccc2)CCO1. The first-order valence-corrected chi connectivity index (χ1v) is 9.54. The van der Waals surface area contributed by atoms with Gasteiger partial charge in [-0.05, 0) is 18.2 Å². The van der Waals surface area contributed by atoms with Gasteiger partial charge in [0.25, 0.3) is 0 Å². The summed E-state index contributed by atoms with van der Waals surface area (Å²) >= 11 is 6.38. The number of aromatic nitrogens is 4. The van der Waals surface area contributed by atoms with Gasteiger partial charge in [-0.3, -0.25) is 0 Å². The molecule has 28 heavy (non-hydrogen) atoms. The zero-order valence-corrected chi connectivity index (χ0v) is 15.8. The highest BCUT2D eigenvalue weighted by Gasteiger charge is 2.26. The van der Waals surface area contributed by atoms with Crippen LogP contribution in [0, 0.1) is 0 Å². The van der Waals surface area contributed by atoms with Crippen LogP contribution in [0.4, 0.5) is 5.82 Å². The fourth-order valence-corrected chi connectivity index (χ4v) is 3.87. The van der Waals surface area contributed by atoms with Crippen LogP contribution in [0.15, 0.2) is 67.1 Å². The van der Waals surface area contributed by atoms with Gasteiger partial charge >= 0.3 is 0 Å². The zero-order chi connectivity index (χ0) is 18.9. The van der Waals surface area contributed by atoms with Crippen LogP contribution in [0.25, 0.3) is 16.7 Å². The molecule has 0 aliphatic carbocycles. The van der Waals surface area contributed by atoms with Crippen molar-refractivity contribution < 1.29 is 4.74 Å². The van der Waals surface area contributed by atoms with Gasteiger partial charge < -0.3 is 9.64 Å². The first kappa shape index (κ1) is 17.2. The third-order valence-corrected chi connectivity index (χ3v) is 5.31. The Morgan fingerprint density at radius 3 is 2.68 bits per heavy atom. The monoisotopic (exact) mass is 391 g/mol. The van der Waals surface area contributed by atoms with Crippen molar-refractivity contribution >= 4 is 28.5 Å². The van der Waals surface area contributed by atoms with E-state index in [1.807, 2.05) is 65.5 Å². The average Bonchev–Trinajstić information content (AvgIpc) is 3.19. The molecule has 1 fully saturated rings. The molecule has 0 radical (unpaired) electrons. The Labute approximate surface area is 167 Å². The van der Waals surface area contributed by atoms with Crippen LogP contribution in [-0.4, -0.2) is 39.4 Å². The smallest absolute Gasteiger partial charge is 0.168 e. The third-order valence-electron chi connectivity index (χ3n) is 4.96. The van der Waals surface area contributed by atoms with E-state index in [4.69, 9.17) is 16.3 Å². The minimum Gasteiger partial charge on any atom is -0.370 e. The van der Waals surface area contributed by atoms with Crippen molar-refractivity contribution in [1.29, 1.82) is 0 Å². The summed E-state index contributed by atoms with van der Waals surface area (Å²) in [5.74, 6) is 0.868. The lowest BCUT2D eigenvalue weighted by molar-refractivity contribution is 0.0397. The Balaban J connectivity index is 1.51. The molecule has 6 nitrogen and oxygen atoms in total. The predicted molar refractivity (Wildman–Crippen MR) is 109 cm³/mol. The molecule has 0 bridgehead atoms. The van der Waals surface area contributed by atoms with Gasteiger partial charge in [0.1, 0.15) is 18.2 Å². The van der Waals surface area contributed by atoms with Gasteiger partial charge in [-0.2, -0.15) is 5.10 Å². The lowest BCUT2D eigenvalue weighted by atomic mass is 10.1. The highest BCUT2D eigenvalue weighted by molar-refractivity contribution is 6.31. The highest BCUT2D eigenvalue weighted by Crippen LogP contribution is 2.32. The molecule has 5 rings (SSSR count). The van der Waals surface area contributed by atoms with Crippen LogP contribution in [0.3, 0.4) is 0 Å². The lowest BCUT2D eigenvalue weighted by Gasteiger charge is -2.34. The van der Waals surface area contributed by atoms with Crippen molar-refractivity contribution in [3.63, 3.8) is 0 Å². The van der Waals surface area contributed by atoms with Gasteiger partial charge in [-0.1, -0.05) is 48.0 Å². The summed E-state index contributed by atoms with van der Waals surface area (Å²) in [6, 6.07) is 17.8. The molecule has 1 aliphatic heterocycles. The molecule has 0 N–H and O–H groups in total. The van der Waals surface area contributed by atoms with Gasteiger partial charge in [-0.25, -0.2) is 14.6 Å². The number of hydrogen-bond donors (Lipinski definition) is 0. The lowest BCUT2D eigenvalue weighted by Crippen LogP contribution is -2.39. The summed E-state index contributed by atoms with van der Waals surface area (Å²) in [5, 5.41) is 6.19. The van der Waals surface area contributed by atoms with E-state index in [1.54, 1.807) is 6.33 Å². The highest BCUT2D eigenvalue weighted by atomic mass is 35.5. The van der Waals surface area contributed by atoms with E-state index in [0.717, 1.165) is 39.7 Å². The number of halogens is 1. The van der Waals surface area contributed by atoms with E-state index in [2.05, 4.69) is 20.0 Å². The van der Waals surface area contributed by atoms with Crippen molar-refractivity contribution in [3.8, 4) is 5.69 Å². The fraction of sp³-hybridized carbons (Fsp3) is 0.190. The Kier molecular flexibility index (Phi) is 4.43. The first-order valence-electron chi connectivity index (χ1n) is 9.16. The molecule has 2 aromatic heterocycles. The molecule has 4 aromatic rings. The summed E-state index contributed by atoms with van der Waals surface area (Å²) in [4.78, 5) is 11.3. The standard InChI is InChI=1S/C21H18ClN5O/c22-18-9-5-4-8-16(18)19-13-26(10-11-28-19)20-17-12-25-27(21(17)24-14-23-20)15-6-2-1-3-7-15/h1-9,12,14,19H,10-11,13H2. The summed E-state index contributed by atoms with van der Waals surface area (Å²) < 4.78 is 7.83. The van der Waals surface area contributed by atoms with Crippen LogP contribution < -0.4 is 4.90 Å². The van der Waals surface area contributed by atoms with Gasteiger partial charge in [0, 0.05) is 23.7 Å². The summed E-state index contributed by atoms with van der Waals surface area (Å²) in [7, 11) is 0. The quantitative estimate of drug-likeness (QED) is 0.527. The van der Waals surface area contributed by atoms with Crippen LogP contribution in [0.5, 0.6) is 0 Å². The van der Waals surface area contributed by atoms with Crippen LogP contribution in [-0.2, 0) is 4.74 Å². The van der Waals surface area contributed by atoms with E-state index in [1.165, 1.54) is 0 Å². The normalized spacial score (nSPS) is 17.2. The number of rotatable bonds is 3. The third kappa shape index (κ3) is 3.00. The number of benzene rings is 2. The van der Waals surface area contributed by atoms with Crippen molar-refractivity contribution in [3.05, 3.63) is 77.7 Å². The van der Waals surface area contributed by atoms with Crippen molar-refractivity contribution in [1.82, 2.24) is 19.7 Å². The molecule has 2 aromatic carbocycles. The van der Waals surface area contributed by atoms with Crippen molar-refractivity contribution in [2.24, 2.45) is 0 Å². The van der Waals surface area contributed by atoms with Gasteiger partial charge in [-0.15, -0.1) is 0 Å². The molecule has 140 valence electrons. The van der Waals surface area contributed by atoms with Crippen molar-refractivity contribution in [2.45, 2.75) is 6.10 Å². The van der Waals surface area contributed by atoms with Crippen molar-refractivity contribution in [2.75, 3.05) is 24.6 Å². The number of morpholine rings is 1. The summed E-state index contributed by atoms with van der Waals surface area (Å²) in [6.45, 7) is 2.03. The molecule has 3 heterocycles. The molecule has 7 heteroatoms. The van der Waals surface area contributed by atoms with Gasteiger partial charge in [0.15, 0.2) is 5.65 Å². The largest absolute Gasteiger partial charge is 0.370 e. The Bertz CT molecular complexity index is 1110. The second-order valence-corrected chi connectivity index (χ2v) is 7.06. The van der Waals surface area contributed by atoms with E-state index in [0.29, 0.717) is 13.2 Å². The number of anilines is 1. The summed E-state index contributed by atoms with van der Waals surface area (Å²) in [6.07, 6.45) is 3.33. The molecular formula is C21H18ClN5O. The predicted octanol–water partition coefficient (Wildman–Crippen LogP) is 4.05. The fourth-order valence-electron chi connectivity index (χ4n) is 3.61.